The van der Waals surface area contributed by atoms with E-state index in [1.165, 1.54) is 17.5 Å². The Bertz CT molecular complexity index is 1110. The molecule has 3 heterocycles. The quantitative estimate of drug-likeness (QED) is 0.176. The van der Waals surface area contributed by atoms with Gasteiger partial charge in [-0.25, -0.2) is 0 Å². The van der Waals surface area contributed by atoms with Crippen molar-refractivity contribution in [3.63, 3.8) is 0 Å². The summed E-state index contributed by atoms with van der Waals surface area (Å²) in [5.74, 6) is 2.79. The maximum atomic E-state index is 5.53. The lowest BCUT2D eigenvalue weighted by molar-refractivity contribution is -0.0796. The molecule has 7 rings (SSSR count). The van der Waals surface area contributed by atoms with E-state index in [-0.39, 0.29) is 18.3 Å². The molecule has 3 saturated heterocycles. The van der Waals surface area contributed by atoms with Gasteiger partial charge in [0.05, 0.1) is 39.6 Å². The molecule has 3 aliphatic heterocycles. The van der Waals surface area contributed by atoms with Gasteiger partial charge in [-0.05, 0) is 60.4 Å². The zero-order valence-electron chi connectivity index (χ0n) is 42.0. The van der Waals surface area contributed by atoms with Gasteiger partial charge in [-0.1, -0.05) is 210 Å². The fourth-order valence-electron chi connectivity index (χ4n) is 3.93. The van der Waals surface area contributed by atoms with Crippen LogP contribution >= 0.6 is 0 Å². The summed E-state index contributed by atoms with van der Waals surface area (Å²) in [6.07, 6.45) is 4.36. The Morgan fingerprint density at radius 1 is 0.333 bits per heavy atom. The fraction of sp³-hybridized carbons (Fsp3) is 0.556. The predicted octanol–water partition coefficient (Wildman–Crippen LogP) is 15.8. The highest BCUT2D eigenvalue weighted by atomic mass is 16.6. The second-order valence-electron chi connectivity index (χ2n) is 11.0. The Morgan fingerprint density at radius 2 is 0.517 bits per heavy atom. The Kier molecular flexibility index (Phi) is 60.0. The fourth-order valence-corrected chi connectivity index (χ4v) is 3.93. The highest BCUT2D eigenvalue weighted by Gasteiger charge is 2.20. The molecule has 6 heteroatoms. The summed E-state index contributed by atoms with van der Waals surface area (Å²) < 4.78 is 31.5. The number of benzene rings is 4. The number of aryl methyl sites for hydroxylation is 2. The number of para-hydroxylation sites is 3. The maximum Gasteiger partial charge on any atom is 0.145 e. The number of ether oxygens (including phenoxy) is 6. The molecular weight excluding hydrogens is 745 g/mol. The summed E-state index contributed by atoms with van der Waals surface area (Å²) in [4.78, 5) is 0. The van der Waals surface area contributed by atoms with Crippen LogP contribution in [0, 0.1) is 0 Å². The van der Waals surface area contributed by atoms with Gasteiger partial charge in [0.2, 0.25) is 0 Å². The van der Waals surface area contributed by atoms with Crippen LogP contribution in [0.5, 0.6) is 17.2 Å². The lowest BCUT2D eigenvalue weighted by atomic mass is 10.1. The van der Waals surface area contributed by atoms with Gasteiger partial charge >= 0.3 is 0 Å². The van der Waals surface area contributed by atoms with Crippen molar-refractivity contribution < 1.29 is 28.4 Å². The number of hydrogen-bond acceptors (Lipinski definition) is 6. The molecule has 346 valence electrons. The van der Waals surface area contributed by atoms with Crippen LogP contribution in [-0.2, 0) is 27.1 Å². The minimum Gasteiger partial charge on any atom is -0.486 e. The van der Waals surface area contributed by atoms with Gasteiger partial charge < -0.3 is 28.4 Å². The third-order valence-corrected chi connectivity index (χ3v) is 6.80. The summed E-state index contributed by atoms with van der Waals surface area (Å²) in [5.41, 5.74) is 2.86. The summed E-state index contributed by atoms with van der Waals surface area (Å²) in [6.45, 7) is 41.0. The molecule has 0 amide bonds. The monoisotopic (exact) mass is 839 g/mol. The zero-order chi connectivity index (χ0) is 46.7. The van der Waals surface area contributed by atoms with E-state index >= 15 is 0 Å². The minimum atomic E-state index is 0.275. The number of rotatable bonds is 8. The van der Waals surface area contributed by atoms with E-state index in [1.807, 2.05) is 188 Å². The van der Waals surface area contributed by atoms with Crippen LogP contribution in [0.3, 0.4) is 0 Å². The summed E-state index contributed by atoms with van der Waals surface area (Å²) in [7, 11) is 0. The summed E-state index contributed by atoms with van der Waals surface area (Å²) in [5, 5.41) is 0. The van der Waals surface area contributed by atoms with E-state index in [9.17, 15) is 0 Å². The van der Waals surface area contributed by atoms with Crippen LogP contribution in [0.25, 0.3) is 0 Å². The first-order valence-corrected chi connectivity index (χ1v) is 23.6. The smallest absolute Gasteiger partial charge is 0.145 e. The zero-order valence-corrected chi connectivity index (χ0v) is 42.0. The van der Waals surface area contributed by atoms with Gasteiger partial charge in [-0.2, -0.15) is 0 Å². The maximum absolute atomic E-state index is 5.53. The van der Waals surface area contributed by atoms with Gasteiger partial charge in [0, 0.05) is 0 Å². The standard InChI is InChI=1S/C10H14.3C9H10O2.C3H8.7C2H6/c1-3-9-5-7-10(4-2)8-6-9;3*1-2-4-8(5-3-1)11-9-6-10-7-9;1-3-2;7*1-2/h5-8H,3-4H2,1-2H3;3*1-5,9H,6-7H2;3H2,1-2H3;7*1-2H3. The molecule has 0 saturated carbocycles. The van der Waals surface area contributed by atoms with Crippen LogP contribution in [0.4, 0.5) is 0 Å². The van der Waals surface area contributed by atoms with Crippen molar-refractivity contribution in [2.24, 2.45) is 0 Å². The van der Waals surface area contributed by atoms with Crippen LogP contribution in [0.15, 0.2) is 115 Å². The summed E-state index contributed by atoms with van der Waals surface area (Å²) in [6, 6.07) is 38.3. The molecule has 60 heavy (non-hydrogen) atoms. The first-order chi connectivity index (χ1) is 29.6. The van der Waals surface area contributed by atoms with E-state index in [2.05, 4.69) is 52.0 Å². The Morgan fingerprint density at radius 3 is 0.650 bits per heavy atom. The van der Waals surface area contributed by atoms with Gasteiger partial charge in [0.15, 0.2) is 0 Å². The van der Waals surface area contributed by atoms with Gasteiger partial charge in [-0.3, -0.25) is 0 Å². The molecule has 0 aliphatic carbocycles. The molecule has 6 nitrogen and oxygen atoms in total. The van der Waals surface area contributed by atoms with E-state index in [0.717, 1.165) is 69.7 Å². The van der Waals surface area contributed by atoms with Gasteiger partial charge in [0.25, 0.3) is 0 Å². The van der Waals surface area contributed by atoms with Gasteiger partial charge in [-0.15, -0.1) is 0 Å². The normalized spacial score (nSPS) is 12.2. The van der Waals surface area contributed by atoms with Crippen molar-refractivity contribution >= 4 is 0 Å². The van der Waals surface area contributed by atoms with Crippen LogP contribution in [0.2, 0.25) is 0 Å². The van der Waals surface area contributed by atoms with Crippen molar-refractivity contribution in [2.75, 3.05) is 39.6 Å². The molecule has 0 radical (unpaired) electrons. The lowest BCUT2D eigenvalue weighted by Gasteiger charge is -2.26. The molecular formula is C54H94O6. The molecule has 4 aromatic carbocycles. The molecule has 0 atom stereocenters. The molecule has 3 fully saturated rings. The van der Waals surface area contributed by atoms with Crippen LogP contribution < -0.4 is 14.2 Å². The Labute approximate surface area is 372 Å². The summed E-state index contributed by atoms with van der Waals surface area (Å²) >= 11 is 0. The van der Waals surface area contributed by atoms with Crippen molar-refractivity contribution in [3.8, 4) is 17.2 Å². The van der Waals surface area contributed by atoms with Crippen molar-refractivity contribution in [1.29, 1.82) is 0 Å². The topological polar surface area (TPSA) is 55.4 Å². The lowest BCUT2D eigenvalue weighted by Crippen LogP contribution is -2.38. The number of hydrogen-bond donors (Lipinski definition) is 0. The SMILES string of the molecule is CC.CC.CC.CC.CC.CC.CC.CCC.CCc1ccc(CC)cc1.c1ccc(OC2COC2)cc1.c1ccc(OC2COC2)cc1.c1ccc(OC2COC2)cc1. The average molecular weight is 839 g/mol. The molecule has 0 N–H and O–H groups in total. The second kappa shape index (κ2) is 55.2. The minimum absolute atomic E-state index is 0.275. The molecule has 0 aromatic heterocycles. The van der Waals surface area contributed by atoms with Crippen molar-refractivity contribution in [3.05, 3.63) is 126 Å². The first kappa shape index (κ1) is 65.3. The van der Waals surface area contributed by atoms with Crippen molar-refractivity contribution in [1.82, 2.24) is 0 Å². The first-order valence-electron chi connectivity index (χ1n) is 23.6. The molecule has 0 unspecified atom stereocenters. The van der Waals surface area contributed by atoms with Crippen LogP contribution in [-0.4, -0.2) is 58.0 Å². The predicted molar refractivity (Wildman–Crippen MR) is 266 cm³/mol. The molecule has 4 aromatic rings. The second-order valence-corrected chi connectivity index (χ2v) is 11.0. The molecule has 0 spiro atoms. The van der Waals surface area contributed by atoms with E-state index < -0.39 is 0 Å². The van der Waals surface area contributed by atoms with Crippen LogP contribution in [0.1, 0.15) is 142 Å². The van der Waals surface area contributed by atoms with Gasteiger partial charge in [0.1, 0.15) is 35.6 Å². The average Bonchev–Trinajstić information content (AvgIpc) is 3.31. The molecule has 0 bridgehead atoms. The van der Waals surface area contributed by atoms with E-state index in [1.54, 1.807) is 0 Å². The highest BCUT2D eigenvalue weighted by Crippen LogP contribution is 2.16. The van der Waals surface area contributed by atoms with E-state index in [4.69, 9.17) is 28.4 Å². The van der Waals surface area contributed by atoms with Crippen molar-refractivity contribution in [2.45, 2.75) is 162 Å². The molecule has 3 aliphatic rings. The Hall–Kier alpha value is -3.84. The highest BCUT2D eigenvalue weighted by molar-refractivity contribution is 5.23. The largest absolute Gasteiger partial charge is 0.486 e. The third-order valence-electron chi connectivity index (χ3n) is 6.80. The van der Waals surface area contributed by atoms with E-state index in [0.29, 0.717) is 0 Å². The third kappa shape index (κ3) is 37.2. The Balaban J connectivity index is -0.000000200.